The van der Waals surface area contributed by atoms with Crippen LogP contribution in [0.25, 0.3) is 11.4 Å². The van der Waals surface area contributed by atoms with Crippen LogP contribution in [-0.2, 0) is 11.3 Å². The third-order valence-electron chi connectivity index (χ3n) is 3.34. The lowest BCUT2D eigenvalue weighted by Crippen LogP contribution is -2.55. The molecule has 0 saturated carbocycles. The highest BCUT2D eigenvalue weighted by Crippen LogP contribution is 2.19. The number of carbonyl (C=O) groups is 1. The number of nitrogens with one attached hydrogen (secondary N) is 1. The van der Waals surface area contributed by atoms with Crippen LogP contribution >= 0.6 is 0 Å². The molecule has 0 spiro atoms. The van der Waals surface area contributed by atoms with Crippen molar-refractivity contribution in [2.75, 3.05) is 6.54 Å². The van der Waals surface area contributed by atoms with Crippen molar-refractivity contribution in [3.63, 3.8) is 0 Å². The number of nitrogens with zero attached hydrogens (tertiary/aromatic N) is 2. The quantitative estimate of drug-likeness (QED) is 0.835. The summed E-state index contributed by atoms with van der Waals surface area (Å²) in [5.74, 6) is 0.461. The van der Waals surface area contributed by atoms with E-state index in [1.165, 1.54) is 0 Å². The summed E-state index contributed by atoms with van der Waals surface area (Å²) in [6.45, 7) is 4.88. The third-order valence-corrected chi connectivity index (χ3v) is 3.34. The van der Waals surface area contributed by atoms with Gasteiger partial charge in [0.05, 0.1) is 6.54 Å². The molecule has 0 saturated heterocycles. The van der Waals surface area contributed by atoms with Crippen molar-refractivity contribution in [3.8, 4) is 11.4 Å². The minimum absolute atomic E-state index is 0.368. The minimum atomic E-state index is -0.793. The fourth-order valence-corrected chi connectivity index (χ4v) is 2.24. The van der Waals surface area contributed by atoms with Gasteiger partial charge in [0.25, 0.3) is 0 Å². The first-order valence-electron chi connectivity index (χ1n) is 6.68. The number of carbonyl (C=O) groups excluding carboxylic acids is 1. The van der Waals surface area contributed by atoms with E-state index in [0.717, 1.165) is 11.4 Å². The van der Waals surface area contributed by atoms with Gasteiger partial charge in [-0.05, 0) is 13.5 Å². The Kier molecular flexibility index (Phi) is 4.20. The molecule has 1 aromatic carbocycles. The molecule has 106 valence electrons. The molecule has 0 radical (unpaired) electrons. The monoisotopic (exact) mass is 272 g/mol. The van der Waals surface area contributed by atoms with E-state index in [1.807, 2.05) is 54.9 Å². The van der Waals surface area contributed by atoms with E-state index in [0.29, 0.717) is 13.1 Å². The standard InChI is InChI=1S/C15H20N4O/c1-3-18-15(2,14(16)20)11-19-10-9-17-13(19)12-7-5-4-6-8-12/h4-10,18H,3,11H2,1-2H3,(H2,16,20). The van der Waals surface area contributed by atoms with E-state index in [9.17, 15) is 4.79 Å². The van der Waals surface area contributed by atoms with Crippen LogP contribution in [0.2, 0.25) is 0 Å². The van der Waals surface area contributed by atoms with Gasteiger partial charge in [0, 0.05) is 18.0 Å². The van der Waals surface area contributed by atoms with Crippen molar-refractivity contribution in [3.05, 3.63) is 42.7 Å². The predicted octanol–water partition coefficient (Wildman–Crippen LogP) is 1.40. The van der Waals surface area contributed by atoms with Gasteiger partial charge >= 0.3 is 0 Å². The molecule has 1 heterocycles. The Morgan fingerprint density at radius 2 is 2.10 bits per heavy atom. The Bertz CT molecular complexity index is 579. The van der Waals surface area contributed by atoms with E-state index in [-0.39, 0.29) is 5.91 Å². The fraction of sp³-hybridized carbons (Fsp3) is 0.333. The SMILES string of the molecule is CCNC(C)(Cn1ccnc1-c1ccccc1)C(N)=O. The van der Waals surface area contributed by atoms with Crippen LogP contribution in [0.4, 0.5) is 0 Å². The molecule has 1 aromatic heterocycles. The smallest absolute Gasteiger partial charge is 0.239 e. The number of nitrogens with two attached hydrogens (primary N) is 1. The average molecular weight is 272 g/mol. The van der Waals surface area contributed by atoms with Crippen molar-refractivity contribution < 1.29 is 4.79 Å². The summed E-state index contributed by atoms with van der Waals surface area (Å²) in [7, 11) is 0. The van der Waals surface area contributed by atoms with Crippen LogP contribution in [0.5, 0.6) is 0 Å². The zero-order chi connectivity index (χ0) is 14.6. The molecule has 0 fully saturated rings. The molecule has 0 aliphatic heterocycles. The molecule has 1 amide bonds. The summed E-state index contributed by atoms with van der Waals surface area (Å²) in [4.78, 5) is 16.1. The normalized spacial score (nSPS) is 13.9. The molecule has 5 heteroatoms. The van der Waals surface area contributed by atoms with E-state index < -0.39 is 5.54 Å². The number of hydrogen-bond acceptors (Lipinski definition) is 3. The number of amides is 1. The Balaban J connectivity index is 2.31. The molecular weight excluding hydrogens is 252 g/mol. The second kappa shape index (κ2) is 5.88. The van der Waals surface area contributed by atoms with Crippen molar-refractivity contribution in [1.29, 1.82) is 0 Å². The molecule has 0 aliphatic rings. The van der Waals surface area contributed by atoms with Crippen LogP contribution in [0.3, 0.4) is 0 Å². The molecule has 5 nitrogen and oxygen atoms in total. The van der Waals surface area contributed by atoms with Crippen molar-refractivity contribution >= 4 is 5.91 Å². The zero-order valence-corrected chi connectivity index (χ0v) is 11.8. The molecule has 2 rings (SSSR count). The van der Waals surface area contributed by atoms with Gasteiger partial charge in [-0.25, -0.2) is 4.98 Å². The van der Waals surface area contributed by atoms with Crippen molar-refractivity contribution in [1.82, 2.24) is 14.9 Å². The highest BCUT2D eigenvalue weighted by atomic mass is 16.1. The largest absolute Gasteiger partial charge is 0.368 e. The van der Waals surface area contributed by atoms with Gasteiger partial charge in [-0.15, -0.1) is 0 Å². The lowest BCUT2D eigenvalue weighted by Gasteiger charge is -2.28. The zero-order valence-electron chi connectivity index (χ0n) is 11.8. The van der Waals surface area contributed by atoms with E-state index >= 15 is 0 Å². The number of imidazole rings is 1. The van der Waals surface area contributed by atoms with Gasteiger partial charge in [-0.2, -0.15) is 0 Å². The summed E-state index contributed by atoms with van der Waals surface area (Å²) in [6.07, 6.45) is 3.59. The van der Waals surface area contributed by atoms with Crippen LogP contribution in [0.1, 0.15) is 13.8 Å². The number of hydrogen-bond donors (Lipinski definition) is 2. The van der Waals surface area contributed by atoms with Crippen LogP contribution < -0.4 is 11.1 Å². The summed E-state index contributed by atoms with van der Waals surface area (Å²) in [5.41, 5.74) is 5.75. The highest BCUT2D eigenvalue weighted by molar-refractivity contribution is 5.84. The van der Waals surface area contributed by atoms with Crippen molar-refractivity contribution in [2.45, 2.75) is 25.9 Å². The number of aromatic nitrogens is 2. The summed E-state index contributed by atoms with van der Waals surface area (Å²) in [6, 6.07) is 9.88. The molecule has 0 aliphatic carbocycles. The fourth-order valence-electron chi connectivity index (χ4n) is 2.24. The maximum atomic E-state index is 11.7. The number of rotatable bonds is 6. The minimum Gasteiger partial charge on any atom is -0.368 e. The first kappa shape index (κ1) is 14.3. The molecule has 1 atom stereocenters. The second-order valence-electron chi connectivity index (χ2n) is 4.97. The molecule has 3 N–H and O–H groups in total. The van der Waals surface area contributed by atoms with Gasteiger partial charge in [0.1, 0.15) is 11.4 Å². The maximum absolute atomic E-state index is 11.7. The summed E-state index contributed by atoms with van der Waals surface area (Å²) >= 11 is 0. The lowest BCUT2D eigenvalue weighted by molar-refractivity contribution is -0.124. The third kappa shape index (κ3) is 2.88. The van der Waals surface area contributed by atoms with Gasteiger partial charge in [0.2, 0.25) is 5.91 Å². The van der Waals surface area contributed by atoms with E-state index in [4.69, 9.17) is 5.73 Å². The van der Waals surface area contributed by atoms with E-state index in [1.54, 1.807) is 6.20 Å². The number of likely N-dealkylation sites (N-methyl/N-ethyl adjacent to an activating group) is 1. The molecule has 1 unspecified atom stereocenters. The summed E-state index contributed by atoms with van der Waals surface area (Å²) in [5, 5.41) is 3.15. The maximum Gasteiger partial charge on any atom is 0.239 e. The Hall–Kier alpha value is -2.14. The Morgan fingerprint density at radius 3 is 2.70 bits per heavy atom. The average Bonchev–Trinajstić information content (AvgIpc) is 2.87. The predicted molar refractivity (Wildman–Crippen MR) is 78.9 cm³/mol. The topological polar surface area (TPSA) is 72.9 Å². The van der Waals surface area contributed by atoms with Gasteiger partial charge in [-0.3, -0.25) is 4.79 Å². The molecule has 2 aromatic rings. The Labute approximate surface area is 118 Å². The lowest BCUT2D eigenvalue weighted by atomic mass is 10.0. The van der Waals surface area contributed by atoms with Gasteiger partial charge in [0.15, 0.2) is 0 Å². The molecule has 20 heavy (non-hydrogen) atoms. The highest BCUT2D eigenvalue weighted by Gasteiger charge is 2.31. The van der Waals surface area contributed by atoms with Crippen LogP contribution in [0.15, 0.2) is 42.7 Å². The first-order valence-corrected chi connectivity index (χ1v) is 6.68. The molecular formula is C15H20N4O. The van der Waals surface area contributed by atoms with Gasteiger partial charge in [-0.1, -0.05) is 37.3 Å². The summed E-state index contributed by atoms with van der Waals surface area (Å²) < 4.78 is 1.95. The number of benzene rings is 1. The number of primary amides is 1. The van der Waals surface area contributed by atoms with Crippen LogP contribution in [-0.4, -0.2) is 27.5 Å². The second-order valence-corrected chi connectivity index (χ2v) is 4.97. The van der Waals surface area contributed by atoms with Gasteiger partial charge < -0.3 is 15.6 Å². The van der Waals surface area contributed by atoms with Crippen molar-refractivity contribution in [2.24, 2.45) is 5.73 Å². The van der Waals surface area contributed by atoms with E-state index in [2.05, 4.69) is 10.3 Å². The first-order chi connectivity index (χ1) is 9.57. The van der Waals surface area contributed by atoms with Crippen LogP contribution in [0, 0.1) is 0 Å². The molecule has 0 bridgehead atoms. The Morgan fingerprint density at radius 1 is 1.40 bits per heavy atom.